The molecule has 0 N–H and O–H groups in total. The van der Waals surface area contributed by atoms with E-state index in [0.29, 0.717) is 0 Å². The lowest BCUT2D eigenvalue weighted by Gasteiger charge is -2.19. The van der Waals surface area contributed by atoms with Crippen molar-refractivity contribution in [1.29, 1.82) is 0 Å². The van der Waals surface area contributed by atoms with E-state index < -0.39 is 0 Å². The Morgan fingerprint density at radius 3 is 1.05 bits per heavy atom. The largest absolute Gasteiger partial charge is 0.0991 e. The van der Waals surface area contributed by atoms with E-state index in [1.165, 1.54) is 162 Å². The van der Waals surface area contributed by atoms with Crippen molar-refractivity contribution in [1.82, 2.24) is 0 Å². The van der Waals surface area contributed by atoms with Crippen LogP contribution in [0.5, 0.6) is 0 Å². The predicted octanol–water partition coefficient (Wildman–Crippen LogP) is 16.8. The minimum absolute atomic E-state index is 1.14. The van der Waals surface area contributed by atoms with Gasteiger partial charge in [-0.15, -0.1) is 0 Å². The Bertz CT molecular complexity index is 2500. The van der Waals surface area contributed by atoms with Crippen LogP contribution in [0.2, 0.25) is 0 Å². The van der Waals surface area contributed by atoms with Crippen molar-refractivity contribution in [2.24, 2.45) is 0 Å². The van der Waals surface area contributed by atoms with Crippen molar-refractivity contribution >= 4 is 21.5 Å². The molecule has 0 fully saturated rings. The average molecular weight is 831 g/mol. The molecule has 63 heavy (non-hydrogen) atoms. The van der Waals surface area contributed by atoms with Gasteiger partial charge in [-0.05, 0) is 227 Å². The van der Waals surface area contributed by atoms with Crippen LogP contribution in [0.3, 0.4) is 0 Å². The molecule has 0 bridgehead atoms. The van der Waals surface area contributed by atoms with Crippen LogP contribution in [0, 0.1) is 27.7 Å². The molecule has 8 rings (SSSR count). The first kappa shape index (κ1) is 45.8. The molecule has 0 spiro atoms. The summed E-state index contributed by atoms with van der Waals surface area (Å²) in [6.45, 7) is 16.5. The van der Waals surface area contributed by atoms with Crippen LogP contribution < -0.4 is 0 Å². The van der Waals surface area contributed by atoms with Gasteiger partial charge in [-0.2, -0.15) is 0 Å². The number of unbranched alkanes of at least 4 members (excludes halogenated alkanes) is 5. The van der Waals surface area contributed by atoms with E-state index in [1.54, 1.807) is 27.8 Å². The SMILES string of the molecule is C=CC=CCCCCc1cc(C)cc2c(CCCCC=CC=C)cc(C)cc12.Cc1cc(CCCc2ccc3c(c2)CC3)c2cc(C)cc(CCCCc3ccc4c(c3)CC4)c2c1. The van der Waals surface area contributed by atoms with E-state index in [2.05, 4.69) is 138 Å². The van der Waals surface area contributed by atoms with Gasteiger partial charge >= 0.3 is 0 Å². The number of allylic oxidation sites excluding steroid dienone is 6. The smallest absolute Gasteiger partial charge is 0.0146 e. The van der Waals surface area contributed by atoms with Gasteiger partial charge < -0.3 is 0 Å². The molecule has 2 aliphatic rings. The lowest BCUT2D eigenvalue weighted by Crippen LogP contribution is -2.08. The Morgan fingerprint density at radius 2 is 0.698 bits per heavy atom. The Hall–Kier alpha value is -5.20. The second kappa shape index (κ2) is 22.9. The molecule has 0 radical (unpaired) electrons. The molecule has 2 aliphatic carbocycles. The Morgan fingerprint density at radius 1 is 0.365 bits per heavy atom. The molecule has 0 saturated heterocycles. The van der Waals surface area contributed by atoms with Crippen LogP contribution in [0.25, 0.3) is 21.5 Å². The highest BCUT2D eigenvalue weighted by Gasteiger charge is 2.15. The Labute approximate surface area is 382 Å². The molecule has 0 unspecified atom stereocenters. The maximum Gasteiger partial charge on any atom is -0.0146 e. The number of aryl methyl sites for hydroxylation is 14. The van der Waals surface area contributed by atoms with E-state index in [0.717, 1.165) is 32.1 Å². The molecular formula is C63H74. The lowest BCUT2D eigenvalue weighted by atomic mass is 9.86. The highest BCUT2D eigenvalue weighted by molar-refractivity contribution is 5.91. The van der Waals surface area contributed by atoms with Crippen molar-refractivity contribution in [3.63, 3.8) is 0 Å². The van der Waals surface area contributed by atoms with Gasteiger partial charge in [0.2, 0.25) is 0 Å². The zero-order chi connectivity index (χ0) is 44.0. The summed E-state index contributed by atoms with van der Waals surface area (Å²) in [5, 5.41) is 5.92. The van der Waals surface area contributed by atoms with Gasteiger partial charge in [0, 0.05) is 0 Å². The maximum absolute atomic E-state index is 3.73. The van der Waals surface area contributed by atoms with E-state index in [9.17, 15) is 0 Å². The Balaban J connectivity index is 0.000000195. The summed E-state index contributed by atoms with van der Waals surface area (Å²) in [6.07, 6.45) is 35.4. The van der Waals surface area contributed by atoms with Crippen LogP contribution in [0.4, 0.5) is 0 Å². The topological polar surface area (TPSA) is 0 Å². The molecule has 6 aromatic rings. The first-order valence-corrected chi connectivity index (χ1v) is 24.6. The minimum Gasteiger partial charge on any atom is -0.0991 e. The quantitative estimate of drug-likeness (QED) is 0.0501. The third-order valence-corrected chi connectivity index (χ3v) is 13.7. The van der Waals surface area contributed by atoms with Gasteiger partial charge in [-0.25, -0.2) is 0 Å². The third-order valence-electron chi connectivity index (χ3n) is 13.7. The summed E-state index contributed by atoms with van der Waals surface area (Å²) in [7, 11) is 0. The normalized spacial score (nSPS) is 12.8. The first-order valence-electron chi connectivity index (χ1n) is 24.6. The highest BCUT2D eigenvalue weighted by atomic mass is 14.2. The average Bonchev–Trinajstić information content (AvgIpc) is 3.24. The van der Waals surface area contributed by atoms with Gasteiger partial charge in [-0.1, -0.05) is 157 Å². The van der Waals surface area contributed by atoms with Crippen molar-refractivity contribution in [2.45, 2.75) is 150 Å². The fourth-order valence-electron chi connectivity index (χ4n) is 10.2. The summed E-state index contributed by atoms with van der Waals surface area (Å²) < 4.78 is 0. The van der Waals surface area contributed by atoms with E-state index in [1.807, 2.05) is 24.3 Å². The molecule has 0 aliphatic heterocycles. The lowest BCUT2D eigenvalue weighted by molar-refractivity contribution is 0.732. The molecule has 326 valence electrons. The van der Waals surface area contributed by atoms with E-state index in [4.69, 9.17) is 0 Å². The van der Waals surface area contributed by atoms with Crippen LogP contribution in [0.1, 0.15) is 136 Å². The summed E-state index contributed by atoms with van der Waals surface area (Å²) in [5.74, 6) is 0. The molecular weight excluding hydrogens is 757 g/mol. The molecule has 0 heterocycles. The minimum atomic E-state index is 1.14. The number of rotatable bonds is 21. The van der Waals surface area contributed by atoms with E-state index >= 15 is 0 Å². The second-order valence-electron chi connectivity index (χ2n) is 19.0. The van der Waals surface area contributed by atoms with Crippen LogP contribution in [-0.2, 0) is 64.2 Å². The molecule has 0 atom stereocenters. The number of fused-ring (bicyclic) bond motifs is 4. The molecule has 0 nitrogen and oxygen atoms in total. The molecule has 0 aromatic heterocycles. The second-order valence-corrected chi connectivity index (χ2v) is 19.0. The Kier molecular flexibility index (Phi) is 16.7. The maximum atomic E-state index is 3.73. The number of benzene rings is 6. The van der Waals surface area contributed by atoms with Crippen LogP contribution in [0.15, 0.2) is 135 Å². The van der Waals surface area contributed by atoms with Gasteiger partial charge in [0.25, 0.3) is 0 Å². The zero-order valence-electron chi connectivity index (χ0n) is 39.4. The van der Waals surface area contributed by atoms with Gasteiger partial charge in [-0.3, -0.25) is 0 Å². The van der Waals surface area contributed by atoms with Crippen molar-refractivity contribution < 1.29 is 0 Å². The summed E-state index contributed by atoms with van der Waals surface area (Å²) in [6, 6.07) is 33.6. The predicted molar refractivity (Wildman–Crippen MR) is 277 cm³/mol. The third kappa shape index (κ3) is 12.7. The van der Waals surface area contributed by atoms with Crippen molar-refractivity contribution in [2.75, 3.05) is 0 Å². The molecule has 0 amide bonds. The van der Waals surface area contributed by atoms with Gasteiger partial charge in [0.15, 0.2) is 0 Å². The first-order chi connectivity index (χ1) is 30.8. The fourth-order valence-corrected chi connectivity index (χ4v) is 10.2. The van der Waals surface area contributed by atoms with E-state index in [-0.39, 0.29) is 0 Å². The van der Waals surface area contributed by atoms with Gasteiger partial charge in [0.05, 0.1) is 0 Å². The number of hydrogen-bond acceptors (Lipinski definition) is 0. The monoisotopic (exact) mass is 831 g/mol. The van der Waals surface area contributed by atoms with Crippen molar-refractivity contribution in [3.8, 4) is 0 Å². The number of hydrogen-bond donors (Lipinski definition) is 0. The summed E-state index contributed by atoms with van der Waals surface area (Å²) >= 11 is 0. The molecule has 6 aromatic carbocycles. The fraction of sp³-hybridized carbons (Fsp3) is 0.365. The van der Waals surface area contributed by atoms with Crippen LogP contribution in [-0.4, -0.2) is 0 Å². The van der Waals surface area contributed by atoms with Crippen LogP contribution >= 0.6 is 0 Å². The van der Waals surface area contributed by atoms with Gasteiger partial charge in [0.1, 0.15) is 0 Å². The molecule has 0 heteroatoms. The molecule has 0 saturated carbocycles. The van der Waals surface area contributed by atoms with Crippen molar-refractivity contribution in [3.05, 3.63) is 212 Å². The zero-order valence-corrected chi connectivity index (χ0v) is 39.4. The standard InChI is InChI=1S/C35H38.C28H36/c1-24-18-32(8-4-3-6-26-10-12-28-14-16-30(28)22-26)34-20-25(2)19-33(35(34)21-24)9-5-7-27-11-13-29-15-17-31(29)23-27;1-5-7-9-11-13-15-17-25-19-23(3)22-28-26(20-24(4)21-27(25)28)18-16-14-12-10-8-6-2/h10-13,18-23H,3-9,14-17H2,1-2H3;5-10,19-22H,1-2,11-18H2,3-4H3. The summed E-state index contributed by atoms with van der Waals surface area (Å²) in [5.41, 5.74) is 21.1. The summed E-state index contributed by atoms with van der Waals surface area (Å²) in [4.78, 5) is 0. The highest BCUT2D eigenvalue weighted by Crippen LogP contribution is 2.32.